The van der Waals surface area contributed by atoms with Crippen molar-refractivity contribution in [1.29, 1.82) is 0 Å². The highest BCUT2D eigenvalue weighted by Crippen LogP contribution is 2.27. The predicted molar refractivity (Wildman–Crippen MR) is 80.5 cm³/mol. The van der Waals surface area contributed by atoms with Gasteiger partial charge in [-0.25, -0.2) is 4.79 Å². The molecule has 1 aliphatic rings. The van der Waals surface area contributed by atoms with E-state index in [2.05, 4.69) is 10.6 Å². The maximum Gasteiger partial charge on any atom is 0.348 e. The Morgan fingerprint density at radius 1 is 1.30 bits per heavy atom. The summed E-state index contributed by atoms with van der Waals surface area (Å²) in [6, 6.07) is 8.19. The normalized spacial score (nSPS) is 20.4. The van der Waals surface area contributed by atoms with E-state index in [-0.39, 0.29) is 26.1 Å². The van der Waals surface area contributed by atoms with Gasteiger partial charge in [-0.15, -0.1) is 0 Å². The van der Waals surface area contributed by atoms with Crippen molar-refractivity contribution >= 4 is 17.8 Å². The third-order valence-corrected chi connectivity index (χ3v) is 3.49. The lowest BCUT2D eigenvalue weighted by atomic mass is 10.0. The largest absolute Gasteiger partial charge is 0.479 e. The van der Waals surface area contributed by atoms with E-state index in [0.29, 0.717) is 0 Å². The van der Waals surface area contributed by atoms with Gasteiger partial charge in [0.2, 0.25) is 5.91 Å². The summed E-state index contributed by atoms with van der Waals surface area (Å²) in [5.41, 5.74) is 4.31. The molecule has 2 rings (SSSR count). The first-order valence-corrected chi connectivity index (χ1v) is 7.19. The van der Waals surface area contributed by atoms with Crippen LogP contribution in [0.1, 0.15) is 5.56 Å². The summed E-state index contributed by atoms with van der Waals surface area (Å²) < 4.78 is 4.77. The zero-order chi connectivity index (χ0) is 16.9. The highest BCUT2D eigenvalue weighted by atomic mass is 16.6. The second-order valence-electron chi connectivity index (χ2n) is 5.22. The first-order chi connectivity index (χ1) is 11.0. The molecule has 8 nitrogen and oxygen atoms in total. The van der Waals surface area contributed by atoms with Crippen LogP contribution >= 0.6 is 0 Å². The molecule has 0 saturated carbocycles. The summed E-state index contributed by atoms with van der Waals surface area (Å²) in [5.74, 6) is -2.61. The van der Waals surface area contributed by atoms with Crippen LogP contribution in [0.3, 0.4) is 0 Å². The Morgan fingerprint density at radius 2 is 1.96 bits per heavy atom. The molecule has 0 aromatic heterocycles. The SMILES string of the molecule is NCCNC(=O)[C@H](Cc1ccccc1)NC(=O)[C@]1(C(=O)O)CO1. The minimum absolute atomic E-state index is 0.198. The molecular weight excluding hydrogens is 302 g/mol. The fourth-order valence-corrected chi connectivity index (χ4v) is 2.08. The van der Waals surface area contributed by atoms with Gasteiger partial charge >= 0.3 is 5.97 Å². The average Bonchev–Trinajstić information content (AvgIpc) is 3.34. The molecule has 1 aliphatic heterocycles. The van der Waals surface area contributed by atoms with E-state index < -0.39 is 29.4 Å². The van der Waals surface area contributed by atoms with E-state index in [1.54, 1.807) is 0 Å². The van der Waals surface area contributed by atoms with Crippen molar-refractivity contribution < 1.29 is 24.2 Å². The Labute approximate surface area is 133 Å². The summed E-state index contributed by atoms with van der Waals surface area (Å²) in [6.07, 6.45) is 0.235. The third-order valence-electron chi connectivity index (χ3n) is 3.49. The Bertz CT molecular complexity index is 586. The van der Waals surface area contributed by atoms with Gasteiger partial charge in [0.25, 0.3) is 11.5 Å². The molecule has 1 heterocycles. The van der Waals surface area contributed by atoms with Crippen LogP contribution in [0.4, 0.5) is 0 Å². The topological polar surface area (TPSA) is 134 Å². The number of aliphatic carboxylic acids is 1. The lowest BCUT2D eigenvalue weighted by Gasteiger charge is -2.19. The predicted octanol–water partition coefficient (Wildman–Crippen LogP) is -1.36. The number of nitrogens with two attached hydrogens (primary N) is 1. The van der Waals surface area contributed by atoms with Crippen LogP contribution in [0.15, 0.2) is 30.3 Å². The van der Waals surface area contributed by atoms with E-state index in [0.717, 1.165) is 5.56 Å². The van der Waals surface area contributed by atoms with E-state index in [9.17, 15) is 14.4 Å². The second kappa shape index (κ2) is 7.21. The first-order valence-electron chi connectivity index (χ1n) is 7.19. The number of carboxylic acids is 1. The molecule has 1 aromatic rings. The van der Waals surface area contributed by atoms with Gasteiger partial charge in [0.15, 0.2) is 0 Å². The minimum Gasteiger partial charge on any atom is -0.479 e. The lowest BCUT2D eigenvalue weighted by Crippen LogP contribution is -2.54. The van der Waals surface area contributed by atoms with E-state index in [4.69, 9.17) is 15.6 Å². The van der Waals surface area contributed by atoms with Crippen molar-refractivity contribution in [3.8, 4) is 0 Å². The number of ether oxygens (including phenoxy) is 1. The number of carbonyl (C=O) groups is 3. The number of amides is 2. The Hall–Kier alpha value is -2.45. The Kier molecular flexibility index (Phi) is 5.30. The summed E-state index contributed by atoms with van der Waals surface area (Å²) in [4.78, 5) is 35.4. The zero-order valence-electron chi connectivity index (χ0n) is 12.5. The van der Waals surface area contributed by atoms with Crippen molar-refractivity contribution in [3.05, 3.63) is 35.9 Å². The molecule has 5 N–H and O–H groups in total. The van der Waals surface area contributed by atoms with Crippen LogP contribution in [-0.2, 0) is 25.5 Å². The molecule has 0 unspecified atom stereocenters. The Morgan fingerprint density at radius 3 is 2.48 bits per heavy atom. The molecule has 0 spiro atoms. The third kappa shape index (κ3) is 4.05. The van der Waals surface area contributed by atoms with Crippen molar-refractivity contribution in [1.82, 2.24) is 10.6 Å². The molecule has 23 heavy (non-hydrogen) atoms. The fraction of sp³-hybridized carbons (Fsp3) is 0.400. The molecule has 1 saturated heterocycles. The fourth-order valence-electron chi connectivity index (χ4n) is 2.08. The standard InChI is InChI=1S/C15H19N3O5/c16-6-7-17-12(19)11(8-10-4-2-1-3-5-10)18-13(20)15(9-23-15)14(21)22/h1-5,11H,6-9,16H2,(H,17,19)(H,18,20)(H,21,22)/t11-,15-/m0/s1. The first kappa shape index (κ1) is 16.9. The molecule has 0 radical (unpaired) electrons. The summed E-state index contributed by atoms with van der Waals surface area (Å²) in [5, 5.41) is 14.1. The van der Waals surface area contributed by atoms with Gasteiger partial charge in [-0.05, 0) is 5.56 Å². The summed E-state index contributed by atoms with van der Waals surface area (Å²) in [6.45, 7) is 0.330. The zero-order valence-corrected chi connectivity index (χ0v) is 12.5. The van der Waals surface area contributed by atoms with Gasteiger partial charge in [0.05, 0.1) is 6.61 Å². The van der Waals surface area contributed by atoms with Gasteiger partial charge in [-0.2, -0.15) is 0 Å². The number of hydrogen-bond acceptors (Lipinski definition) is 5. The molecule has 1 fully saturated rings. The number of nitrogens with one attached hydrogen (secondary N) is 2. The van der Waals surface area contributed by atoms with Crippen LogP contribution in [0, 0.1) is 0 Å². The second-order valence-corrected chi connectivity index (χ2v) is 5.22. The smallest absolute Gasteiger partial charge is 0.348 e. The van der Waals surface area contributed by atoms with Crippen LogP contribution < -0.4 is 16.4 Å². The Balaban J connectivity index is 2.08. The number of benzene rings is 1. The van der Waals surface area contributed by atoms with Crippen LogP contribution in [0.2, 0.25) is 0 Å². The van der Waals surface area contributed by atoms with Crippen molar-refractivity contribution in [3.63, 3.8) is 0 Å². The van der Waals surface area contributed by atoms with Gasteiger partial charge in [-0.3, -0.25) is 9.59 Å². The lowest BCUT2D eigenvalue weighted by molar-refractivity contribution is -0.149. The van der Waals surface area contributed by atoms with Crippen molar-refractivity contribution in [2.24, 2.45) is 5.73 Å². The molecule has 8 heteroatoms. The van der Waals surface area contributed by atoms with Crippen LogP contribution in [0.25, 0.3) is 0 Å². The number of hydrogen-bond donors (Lipinski definition) is 4. The van der Waals surface area contributed by atoms with Crippen molar-refractivity contribution in [2.45, 2.75) is 18.1 Å². The minimum atomic E-state index is -1.87. The van der Waals surface area contributed by atoms with E-state index in [1.807, 2.05) is 30.3 Å². The quantitative estimate of drug-likeness (QED) is 0.345. The average molecular weight is 321 g/mol. The monoisotopic (exact) mass is 321 g/mol. The van der Waals surface area contributed by atoms with Gasteiger partial charge in [0, 0.05) is 19.5 Å². The summed E-state index contributed by atoms with van der Waals surface area (Å²) >= 11 is 0. The molecule has 1 aromatic carbocycles. The van der Waals surface area contributed by atoms with Crippen LogP contribution in [0.5, 0.6) is 0 Å². The van der Waals surface area contributed by atoms with Gasteiger partial charge in [-0.1, -0.05) is 30.3 Å². The molecule has 0 bridgehead atoms. The number of carboxylic acid groups (broad SMARTS) is 1. The molecule has 2 atom stereocenters. The van der Waals surface area contributed by atoms with E-state index in [1.165, 1.54) is 0 Å². The number of carbonyl (C=O) groups excluding carboxylic acids is 2. The van der Waals surface area contributed by atoms with Crippen molar-refractivity contribution in [2.75, 3.05) is 19.7 Å². The maximum atomic E-state index is 12.2. The molecule has 124 valence electrons. The highest BCUT2D eigenvalue weighted by molar-refractivity contribution is 6.09. The van der Waals surface area contributed by atoms with Gasteiger partial charge < -0.3 is 26.2 Å². The van der Waals surface area contributed by atoms with Crippen LogP contribution in [-0.4, -0.2) is 54.2 Å². The van der Waals surface area contributed by atoms with Gasteiger partial charge in [0.1, 0.15) is 6.04 Å². The maximum absolute atomic E-state index is 12.2. The highest BCUT2D eigenvalue weighted by Gasteiger charge is 2.60. The molecule has 2 amide bonds. The number of epoxide rings is 1. The molecule has 0 aliphatic carbocycles. The summed E-state index contributed by atoms with van der Waals surface area (Å²) in [7, 11) is 0. The number of rotatable bonds is 8. The molecular formula is C15H19N3O5. The van der Waals surface area contributed by atoms with E-state index >= 15 is 0 Å².